The molecule has 21 heavy (non-hydrogen) atoms. The minimum Gasteiger partial charge on any atom is -0.444 e. The van der Waals surface area contributed by atoms with Crippen LogP contribution in [0.25, 0.3) is 0 Å². The predicted molar refractivity (Wildman–Crippen MR) is 84.7 cm³/mol. The third kappa shape index (κ3) is 4.14. The fraction of sp³-hybridized carbons (Fsp3) is 0.562. The molecule has 1 amide bonds. The molecule has 0 saturated carbocycles. The highest BCUT2D eigenvalue weighted by molar-refractivity contribution is 7.99. The first-order chi connectivity index (χ1) is 9.85. The van der Waals surface area contributed by atoms with E-state index in [-0.39, 0.29) is 0 Å². The standard InChI is InChI=1S/C16H23NO3S/c1-5-21-13-8-6-12(7-9-13)16(10-19-11-16)17-14(18)20-15(2,3)4/h6-9H,5,10-11H2,1-4H3,(H,17,18). The summed E-state index contributed by atoms with van der Waals surface area (Å²) in [5.41, 5.74) is 0.0926. The van der Waals surface area contributed by atoms with Crippen molar-refractivity contribution in [2.45, 2.75) is 43.7 Å². The number of alkyl carbamates (subject to hydrolysis) is 1. The largest absolute Gasteiger partial charge is 0.444 e. The van der Waals surface area contributed by atoms with Crippen molar-refractivity contribution in [3.05, 3.63) is 29.8 Å². The molecule has 0 spiro atoms. The molecule has 1 saturated heterocycles. The SMILES string of the molecule is CCSc1ccc(C2(NC(=O)OC(C)(C)C)COC2)cc1. The van der Waals surface area contributed by atoms with Gasteiger partial charge in [-0.2, -0.15) is 0 Å². The molecule has 1 aliphatic rings. The number of amides is 1. The van der Waals surface area contributed by atoms with Gasteiger partial charge in [0.25, 0.3) is 0 Å². The Morgan fingerprint density at radius 1 is 1.33 bits per heavy atom. The predicted octanol–water partition coefficient (Wildman–Crippen LogP) is 3.55. The fourth-order valence-corrected chi connectivity index (χ4v) is 2.81. The van der Waals surface area contributed by atoms with Gasteiger partial charge in [-0.05, 0) is 44.2 Å². The fourth-order valence-electron chi connectivity index (χ4n) is 2.15. The van der Waals surface area contributed by atoms with Crippen molar-refractivity contribution in [2.75, 3.05) is 19.0 Å². The lowest BCUT2D eigenvalue weighted by Gasteiger charge is -2.42. The Balaban J connectivity index is 2.08. The van der Waals surface area contributed by atoms with E-state index in [1.165, 1.54) is 4.90 Å². The highest BCUT2D eigenvalue weighted by Gasteiger charge is 2.42. The summed E-state index contributed by atoms with van der Waals surface area (Å²) in [6, 6.07) is 8.27. The summed E-state index contributed by atoms with van der Waals surface area (Å²) in [4.78, 5) is 13.2. The summed E-state index contributed by atoms with van der Waals surface area (Å²) >= 11 is 1.80. The van der Waals surface area contributed by atoms with Gasteiger partial charge in [-0.1, -0.05) is 19.1 Å². The molecule has 2 rings (SSSR count). The molecule has 1 fully saturated rings. The van der Waals surface area contributed by atoms with Crippen LogP contribution in [-0.4, -0.2) is 30.7 Å². The summed E-state index contributed by atoms with van der Waals surface area (Å²) in [5.74, 6) is 1.05. The van der Waals surface area contributed by atoms with Gasteiger partial charge in [0.1, 0.15) is 11.1 Å². The molecular weight excluding hydrogens is 286 g/mol. The van der Waals surface area contributed by atoms with Crippen molar-refractivity contribution in [3.63, 3.8) is 0 Å². The van der Waals surface area contributed by atoms with E-state index >= 15 is 0 Å². The van der Waals surface area contributed by atoms with Crippen molar-refractivity contribution in [1.82, 2.24) is 5.32 Å². The van der Waals surface area contributed by atoms with E-state index in [0.29, 0.717) is 13.2 Å². The van der Waals surface area contributed by atoms with E-state index in [2.05, 4.69) is 36.5 Å². The van der Waals surface area contributed by atoms with Crippen molar-refractivity contribution < 1.29 is 14.3 Å². The van der Waals surface area contributed by atoms with Gasteiger partial charge in [0.15, 0.2) is 0 Å². The highest BCUT2D eigenvalue weighted by Crippen LogP contribution is 2.31. The molecule has 0 aliphatic carbocycles. The topological polar surface area (TPSA) is 47.6 Å². The number of ether oxygens (including phenoxy) is 2. The van der Waals surface area contributed by atoms with Crippen LogP contribution < -0.4 is 5.32 Å². The Hall–Kier alpha value is -1.20. The minimum absolute atomic E-state index is 0.405. The van der Waals surface area contributed by atoms with E-state index in [9.17, 15) is 4.79 Å². The summed E-state index contributed by atoms with van der Waals surface area (Å²) in [6.07, 6.45) is -0.405. The van der Waals surface area contributed by atoms with Crippen LogP contribution in [0.15, 0.2) is 29.2 Å². The lowest BCUT2D eigenvalue weighted by atomic mass is 9.88. The van der Waals surface area contributed by atoms with Gasteiger partial charge in [0.05, 0.1) is 13.2 Å². The summed E-state index contributed by atoms with van der Waals surface area (Å²) < 4.78 is 10.7. The smallest absolute Gasteiger partial charge is 0.408 e. The average Bonchev–Trinajstić information content (AvgIpc) is 2.33. The van der Waals surface area contributed by atoms with Crippen molar-refractivity contribution in [3.8, 4) is 0 Å². The van der Waals surface area contributed by atoms with Crippen LogP contribution in [0.1, 0.15) is 33.3 Å². The zero-order valence-electron chi connectivity index (χ0n) is 13.1. The number of benzene rings is 1. The number of thioether (sulfide) groups is 1. The van der Waals surface area contributed by atoms with E-state index in [4.69, 9.17) is 9.47 Å². The Morgan fingerprint density at radius 3 is 2.38 bits per heavy atom. The second-order valence-electron chi connectivity index (χ2n) is 6.16. The van der Waals surface area contributed by atoms with Crippen LogP contribution in [0.4, 0.5) is 4.79 Å². The Labute approximate surface area is 130 Å². The number of hydrogen-bond acceptors (Lipinski definition) is 4. The van der Waals surface area contributed by atoms with Gasteiger partial charge >= 0.3 is 6.09 Å². The zero-order chi connectivity index (χ0) is 15.5. The van der Waals surface area contributed by atoms with Crippen molar-refractivity contribution >= 4 is 17.9 Å². The van der Waals surface area contributed by atoms with Gasteiger partial charge in [-0.3, -0.25) is 0 Å². The second kappa shape index (κ2) is 6.28. The second-order valence-corrected chi connectivity index (χ2v) is 7.50. The average molecular weight is 309 g/mol. The van der Waals surface area contributed by atoms with Gasteiger partial charge in [0.2, 0.25) is 0 Å². The number of nitrogens with one attached hydrogen (secondary N) is 1. The lowest BCUT2D eigenvalue weighted by Crippen LogP contribution is -2.60. The minimum atomic E-state index is -0.502. The van der Waals surface area contributed by atoms with Crippen LogP contribution >= 0.6 is 11.8 Å². The van der Waals surface area contributed by atoms with E-state index in [0.717, 1.165) is 11.3 Å². The molecule has 0 unspecified atom stereocenters. The number of rotatable bonds is 4. The van der Waals surface area contributed by atoms with Crippen LogP contribution in [-0.2, 0) is 15.0 Å². The maximum Gasteiger partial charge on any atom is 0.408 e. The number of carbonyl (C=O) groups is 1. The van der Waals surface area contributed by atoms with E-state index in [1.807, 2.05) is 20.8 Å². The summed E-state index contributed by atoms with van der Waals surface area (Å²) in [5, 5.41) is 2.96. The Bertz CT molecular complexity index is 489. The molecule has 1 N–H and O–H groups in total. The molecule has 0 atom stereocenters. The van der Waals surface area contributed by atoms with Crippen LogP contribution in [0.3, 0.4) is 0 Å². The first-order valence-electron chi connectivity index (χ1n) is 7.17. The van der Waals surface area contributed by atoms with Crippen LogP contribution in [0.2, 0.25) is 0 Å². The normalized spacial score (nSPS) is 17.0. The van der Waals surface area contributed by atoms with Gasteiger partial charge in [-0.15, -0.1) is 11.8 Å². The van der Waals surface area contributed by atoms with E-state index in [1.54, 1.807) is 11.8 Å². The third-order valence-corrected chi connectivity index (χ3v) is 4.05. The van der Waals surface area contributed by atoms with Crippen molar-refractivity contribution in [1.29, 1.82) is 0 Å². The molecule has 1 heterocycles. The molecule has 5 heteroatoms. The Kier molecular flexibility index (Phi) is 4.84. The molecule has 0 radical (unpaired) electrons. The maximum absolute atomic E-state index is 12.0. The summed E-state index contributed by atoms with van der Waals surface area (Å²) in [7, 11) is 0. The van der Waals surface area contributed by atoms with Crippen molar-refractivity contribution in [2.24, 2.45) is 0 Å². The van der Waals surface area contributed by atoms with E-state index < -0.39 is 17.2 Å². The summed E-state index contributed by atoms with van der Waals surface area (Å²) in [6.45, 7) is 8.65. The quantitative estimate of drug-likeness (QED) is 0.864. The molecule has 116 valence electrons. The lowest BCUT2D eigenvalue weighted by molar-refractivity contribution is -0.0797. The molecule has 1 aliphatic heterocycles. The molecule has 1 aromatic rings. The molecule has 0 aromatic heterocycles. The third-order valence-electron chi connectivity index (χ3n) is 3.16. The number of carbonyl (C=O) groups excluding carboxylic acids is 1. The molecular formula is C16H23NO3S. The molecule has 1 aromatic carbocycles. The zero-order valence-corrected chi connectivity index (χ0v) is 13.9. The first kappa shape index (κ1) is 16.2. The first-order valence-corrected chi connectivity index (χ1v) is 8.15. The van der Waals surface area contributed by atoms with Crippen LogP contribution in [0.5, 0.6) is 0 Å². The number of hydrogen-bond donors (Lipinski definition) is 1. The molecule has 4 nitrogen and oxygen atoms in total. The molecule has 0 bridgehead atoms. The highest BCUT2D eigenvalue weighted by atomic mass is 32.2. The van der Waals surface area contributed by atoms with Crippen LogP contribution in [0, 0.1) is 0 Å². The van der Waals surface area contributed by atoms with Gasteiger partial charge in [-0.25, -0.2) is 4.79 Å². The maximum atomic E-state index is 12.0. The monoisotopic (exact) mass is 309 g/mol. The van der Waals surface area contributed by atoms with Gasteiger partial charge < -0.3 is 14.8 Å². The van der Waals surface area contributed by atoms with Gasteiger partial charge in [0, 0.05) is 4.90 Å². The Morgan fingerprint density at radius 2 is 1.95 bits per heavy atom.